The normalized spacial score (nSPS) is 10.7. The maximum atomic E-state index is 10.3. The number of carboxylic acid groups (broad SMARTS) is 1. The molecule has 0 aromatic rings. The van der Waals surface area contributed by atoms with Crippen molar-refractivity contribution in [2.45, 2.75) is 58.0 Å². The van der Waals surface area contributed by atoms with Gasteiger partial charge in [-0.25, -0.2) is 0 Å². The van der Waals surface area contributed by atoms with E-state index in [9.17, 15) is 9.90 Å². The highest BCUT2D eigenvalue weighted by Crippen LogP contribution is 2.09. The molecule has 1 unspecified atom stereocenters. The fourth-order valence-electron chi connectivity index (χ4n) is 1.37. The summed E-state index contributed by atoms with van der Waals surface area (Å²) in [6.07, 6.45) is 4.35. The van der Waals surface area contributed by atoms with Gasteiger partial charge in [-0.15, -0.1) is 0 Å². The van der Waals surface area contributed by atoms with Crippen molar-refractivity contribution in [1.82, 2.24) is 0 Å². The second-order valence-corrected chi connectivity index (χ2v) is 3.86. The Labute approximate surface area is 103 Å². The average molecular weight is 236 g/mol. The first-order valence-corrected chi connectivity index (χ1v) is 5.96. The van der Waals surface area contributed by atoms with E-state index in [-0.39, 0.29) is 6.42 Å². The third kappa shape index (κ3) is 12.5. The molecule has 3 heteroatoms. The Morgan fingerprint density at radius 3 is 2.59 bits per heavy atom. The number of aliphatic hydroxyl groups excluding tert-OH is 1. The van der Waals surface area contributed by atoms with E-state index in [4.69, 9.17) is 5.11 Å². The minimum absolute atomic E-state index is 0.0440. The third-order valence-electron chi connectivity index (χ3n) is 2.31. The first-order chi connectivity index (χ1) is 8.16. The molecule has 0 fully saturated rings. The van der Waals surface area contributed by atoms with Gasteiger partial charge in [0.25, 0.3) is 0 Å². The minimum atomic E-state index is -0.851. The summed E-state index contributed by atoms with van der Waals surface area (Å²) in [6, 6.07) is 0. The Bertz CT molecular complexity index is 325. The lowest BCUT2D eigenvalue weighted by Crippen LogP contribution is -2.09. The zero-order valence-electron chi connectivity index (χ0n) is 10.3. The molecule has 0 aliphatic rings. The topological polar surface area (TPSA) is 57.5 Å². The summed E-state index contributed by atoms with van der Waals surface area (Å²) in [4.78, 5) is 10.3. The van der Waals surface area contributed by atoms with E-state index in [1.807, 2.05) is 0 Å². The maximum Gasteiger partial charge on any atom is 0.303 e. The van der Waals surface area contributed by atoms with Gasteiger partial charge in [0, 0.05) is 12.8 Å². The lowest BCUT2D eigenvalue weighted by Gasteiger charge is -2.07. The van der Waals surface area contributed by atoms with Crippen molar-refractivity contribution < 1.29 is 15.0 Å². The molecule has 94 valence electrons. The summed E-state index contributed by atoms with van der Waals surface area (Å²) in [5.41, 5.74) is 0. The highest BCUT2D eigenvalue weighted by Gasteiger charge is 2.06. The number of rotatable bonds is 8. The van der Waals surface area contributed by atoms with Crippen LogP contribution in [0.15, 0.2) is 0 Å². The van der Waals surface area contributed by atoms with E-state index >= 15 is 0 Å². The lowest BCUT2D eigenvalue weighted by atomic mass is 10.1. The van der Waals surface area contributed by atoms with Gasteiger partial charge in [0.05, 0.1) is 6.10 Å². The fraction of sp³-hybridized carbons (Fsp3) is 0.643. The molecule has 17 heavy (non-hydrogen) atoms. The highest BCUT2D eigenvalue weighted by molar-refractivity contribution is 5.66. The van der Waals surface area contributed by atoms with Gasteiger partial charge in [-0.1, -0.05) is 24.7 Å². The molecule has 0 spiro atoms. The summed E-state index contributed by atoms with van der Waals surface area (Å²) in [7, 11) is 0. The van der Waals surface area contributed by atoms with Gasteiger partial charge in [0.15, 0.2) is 0 Å². The van der Waals surface area contributed by atoms with E-state index in [0.717, 1.165) is 25.7 Å². The number of hydrogen-bond donors (Lipinski definition) is 2. The summed E-state index contributed by atoms with van der Waals surface area (Å²) in [5.74, 6) is 10.2. The fourth-order valence-corrected chi connectivity index (χ4v) is 1.37. The van der Waals surface area contributed by atoms with Crippen LogP contribution in [-0.2, 0) is 4.79 Å². The van der Waals surface area contributed by atoms with E-state index in [1.165, 1.54) is 0 Å². The van der Waals surface area contributed by atoms with Crippen molar-refractivity contribution in [3.05, 3.63) is 0 Å². The molecule has 0 aliphatic carbocycles. The van der Waals surface area contributed by atoms with Crippen LogP contribution in [0.4, 0.5) is 0 Å². The van der Waals surface area contributed by atoms with Gasteiger partial charge in [-0.2, -0.15) is 0 Å². The van der Waals surface area contributed by atoms with Gasteiger partial charge < -0.3 is 10.2 Å². The SMILES string of the molecule is CC#CC#CCCCCCC(O)CCC(=O)O. The van der Waals surface area contributed by atoms with E-state index in [2.05, 4.69) is 23.7 Å². The predicted octanol–water partition coefficient (Wildman–Crippen LogP) is 2.19. The summed E-state index contributed by atoms with van der Waals surface area (Å²) in [6.45, 7) is 1.76. The van der Waals surface area contributed by atoms with Crippen molar-refractivity contribution in [3.63, 3.8) is 0 Å². The lowest BCUT2D eigenvalue weighted by molar-refractivity contribution is -0.137. The van der Waals surface area contributed by atoms with Gasteiger partial charge in [-0.05, 0) is 38.0 Å². The monoisotopic (exact) mass is 236 g/mol. The number of unbranched alkanes of at least 4 members (excludes halogenated alkanes) is 3. The summed E-state index contributed by atoms with van der Waals surface area (Å²) >= 11 is 0. The van der Waals surface area contributed by atoms with Crippen molar-refractivity contribution in [2.75, 3.05) is 0 Å². The number of carbonyl (C=O) groups is 1. The second kappa shape index (κ2) is 11.0. The van der Waals surface area contributed by atoms with Crippen LogP contribution >= 0.6 is 0 Å². The zero-order valence-corrected chi connectivity index (χ0v) is 10.3. The molecule has 0 bridgehead atoms. The van der Waals surface area contributed by atoms with Crippen molar-refractivity contribution in [1.29, 1.82) is 0 Å². The second-order valence-electron chi connectivity index (χ2n) is 3.86. The molecule has 0 aliphatic heterocycles. The molecule has 0 amide bonds. The van der Waals surface area contributed by atoms with E-state index < -0.39 is 12.1 Å². The van der Waals surface area contributed by atoms with Gasteiger partial charge >= 0.3 is 5.97 Å². The smallest absolute Gasteiger partial charge is 0.303 e. The Balaban J connectivity index is 3.36. The Kier molecular flexibility index (Phi) is 10.1. The van der Waals surface area contributed by atoms with E-state index in [1.54, 1.807) is 6.92 Å². The summed E-state index contributed by atoms with van der Waals surface area (Å²) in [5, 5.41) is 17.9. The predicted molar refractivity (Wildman–Crippen MR) is 67.2 cm³/mol. The number of aliphatic hydroxyl groups is 1. The molecule has 0 aromatic heterocycles. The van der Waals surface area contributed by atoms with Crippen molar-refractivity contribution in [2.24, 2.45) is 0 Å². The molecule has 0 rings (SSSR count). The first kappa shape index (κ1) is 15.6. The number of hydrogen-bond acceptors (Lipinski definition) is 2. The van der Waals surface area contributed by atoms with Crippen LogP contribution in [0.5, 0.6) is 0 Å². The van der Waals surface area contributed by atoms with Crippen molar-refractivity contribution in [3.8, 4) is 23.7 Å². The quantitative estimate of drug-likeness (QED) is 0.501. The molecular weight excluding hydrogens is 216 g/mol. The van der Waals surface area contributed by atoms with Crippen LogP contribution in [0, 0.1) is 23.7 Å². The largest absolute Gasteiger partial charge is 0.481 e. The van der Waals surface area contributed by atoms with Gasteiger partial charge in [0.2, 0.25) is 0 Å². The average Bonchev–Trinajstić information content (AvgIpc) is 2.30. The Morgan fingerprint density at radius 2 is 1.94 bits per heavy atom. The van der Waals surface area contributed by atoms with Crippen LogP contribution in [0.3, 0.4) is 0 Å². The van der Waals surface area contributed by atoms with Crippen molar-refractivity contribution >= 4 is 5.97 Å². The van der Waals surface area contributed by atoms with E-state index in [0.29, 0.717) is 12.8 Å². The molecule has 0 aromatic carbocycles. The molecule has 3 nitrogen and oxygen atoms in total. The third-order valence-corrected chi connectivity index (χ3v) is 2.31. The molecule has 0 radical (unpaired) electrons. The molecule has 0 saturated carbocycles. The highest BCUT2D eigenvalue weighted by atomic mass is 16.4. The van der Waals surface area contributed by atoms with Crippen LogP contribution in [0.25, 0.3) is 0 Å². The molecule has 0 saturated heterocycles. The van der Waals surface area contributed by atoms with Crippen LogP contribution < -0.4 is 0 Å². The zero-order chi connectivity index (χ0) is 12.9. The van der Waals surface area contributed by atoms with Gasteiger partial charge in [-0.3, -0.25) is 4.79 Å². The van der Waals surface area contributed by atoms with Crippen LogP contribution in [0.1, 0.15) is 51.9 Å². The molecule has 2 N–H and O–H groups in total. The number of aliphatic carboxylic acids is 1. The molecule has 0 heterocycles. The Morgan fingerprint density at radius 1 is 1.18 bits per heavy atom. The number of carboxylic acids is 1. The first-order valence-electron chi connectivity index (χ1n) is 5.96. The minimum Gasteiger partial charge on any atom is -0.481 e. The van der Waals surface area contributed by atoms with Crippen LogP contribution in [-0.4, -0.2) is 22.3 Å². The molecular formula is C14H20O3. The van der Waals surface area contributed by atoms with Crippen LogP contribution in [0.2, 0.25) is 0 Å². The van der Waals surface area contributed by atoms with Gasteiger partial charge in [0.1, 0.15) is 0 Å². The summed E-state index contributed by atoms with van der Waals surface area (Å²) < 4.78 is 0. The molecule has 1 atom stereocenters. The Hall–Kier alpha value is -1.45. The standard InChI is InChI=1S/C14H20O3/c1-2-3-4-5-6-7-8-9-10-13(15)11-12-14(16)17/h13,15H,6-12H2,1H3,(H,16,17). The maximum absolute atomic E-state index is 10.3.